The molecule has 29 heavy (non-hydrogen) atoms. The minimum Gasteiger partial charge on any atom is -0.497 e. The second-order valence-electron chi connectivity index (χ2n) is 6.62. The molecule has 1 aromatic rings. The van der Waals surface area contributed by atoms with Crippen LogP contribution in [0.2, 0.25) is 0 Å². The molecule has 10 heteroatoms. The van der Waals surface area contributed by atoms with Crippen molar-refractivity contribution in [1.29, 1.82) is 0 Å². The van der Waals surface area contributed by atoms with Crippen molar-refractivity contribution in [1.82, 2.24) is 15.5 Å². The Morgan fingerprint density at radius 2 is 2.07 bits per heavy atom. The first-order valence-corrected chi connectivity index (χ1v) is 9.50. The molecule has 0 bridgehead atoms. The lowest BCUT2D eigenvalue weighted by Crippen LogP contribution is -2.45. The predicted molar refractivity (Wildman–Crippen MR) is 119 cm³/mol. The van der Waals surface area contributed by atoms with Crippen LogP contribution in [0.1, 0.15) is 19.8 Å². The van der Waals surface area contributed by atoms with E-state index in [9.17, 15) is 13.2 Å². The van der Waals surface area contributed by atoms with Gasteiger partial charge in [-0.1, -0.05) is 6.07 Å². The Morgan fingerprint density at radius 3 is 2.76 bits per heavy atom. The molecule has 6 nitrogen and oxygen atoms in total. The van der Waals surface area contributed by atoms with Crippen LogP contribution in [-0.4, -0.2) is 69.5 Å². The van der Waals surface area contributed by atoms with Crippen LogP contribution >= 0.6 is 24.0 Å². The highest BCUT2D eigenvalue weighted by molar-refractivity contribution is 14.0. The number of rotatable bonds is 9. The number of nitrogens with one attached hydrogen (secondary N) is 2. The summed E-state index contributed by atoms with van der Waals surface area (Å²) in [5.41, 5.74) is 0. The highest BCUT2D eigenvalue weighted by Crippen LogP contribution is 2.20. The van der Waals surface area contributed by atoms with Gasteiger partial charge in [-0.2, -0.15) is 13.2 Å². The number of benzene rings is 1. The maximum absolute atomic E-state index is 12.5. The molecule has 1 aliphatic heterocycles. The molecule has 2 rings (SSSR count). The van der Waals surface area contributed by atoms with Gasteiger partial charge in [0.15, 0.2) is 5.96 Å². The predicted octanol–water partition coefficient (Wildman–Crippen LogP) is 3.27. The van der Waals surface area contributed by atoms with Crippen LogP contribution in [-0.2, 0) is 0 Å². The van der Waals surface area contributed by atoms with Crippen molar-refractivity contribution in [3.05, 3.63) is 24.3 Å². The van der Waals surface area contributed by atoms with E-state index >= 15 is 0 Å². The van der Waals surface area contributed by atoms with Crippen LogP contribution in [0.25, 0.3) is 0 Å². The van der Waals surface area contributed by atoms with Gasteiger partial charge in [0.1, 0.15) is 11.5 Å². The minimum absolute atomic E-state index is 0. The zero-order valence-electron chi connectivity index (χ0n) is 16.8. The van der Waals surface area contributed by atoms with Gasteiger partial charge in [-0.25, -0.2) is 0 Å². The molecule has 166 valence electrons. The van der Waals surface area contributed by atoms with Crippen molar-refractivity contribution >= 4 is 29.9 Å². The summed E-state index contributed by atoms with van der Waals surface area (Å²) in [7, 11) is 1.61. The van der Waals surface area contributed by atoms with Crippen molar-refractivity contribution in [2.75, 3.05) is 46.4 Å². The third kappa shape index (κ3) is 10.2. The summed E-state index contributed by atoms with van der Waals surface area (Å²) in [5.74, 6) is 2.11. The molecule has 0 radical (unpaired) electrons. The normalized spacial score (nSPS) is 17.6. The van der Waals surface area contributed by atoms with Crippen molar-refractivity contribution in [3.8, 4) is 11.5 Å². The first-order chi connectivity index (χ1) is 13.4. The second kappa shape index (κ2) is 13.0. The van der Waals surface area contributed by atoms with Crippen molar-refractivity contribution in [2.24, 2.45) is 4.99 Å². The fraction of sp³-hybridized carbons (Fsp3) is 0.632. The number of alkyl halides is 3. The van der Waals surface area contributed by atoms with Gasteiger partial charge < -0.3 is 20.1 Å². The third-order valence-corrected chi connectivity index (χ3v) is 4.24. The lowest BCUT2D eigenvalue weighted by Gasteiger charge is -2.19. The molecule has 0 saturated carbocycles. The Balaban J connectivity index is 0.00000420. The van der Waals surface area contributed by atoms with E-state index < -0.39 is 12.7 Å². The fourth-order valence-corrected chi connectivity index (χ4v) is 3.00. The van der Waals surface area contributed by atoms with Crippen LogP contribution in [0.4, 0.5) is 13.2 Å². The van der Waals surface area contributed by atoms with Crippen molar-refractivity contribution in [2.45, 2.75) is 32.0 Å². The van der Waals surface area contributed by atoms with E-state index in [1.54, 1.807) is 7.11 Å². The average Bonchev–Trinajstić information content (AvgIpc) is 3.06. The summed E-state index contributed by atoms with van der Waals surface area (Å²) in [4.78, 5) is 5.91. The Hall–Kier alpha value is -1.43. The van der Waals surface area contributed by atoms with Gasteiger partial charge in [0, 0.05) is 44.7 Å². The van der Waals surface area contributed by atoms with Crippen LogP contribution in [0.5, 0.6) is 11.5 Å². The van der Waals surface area contributed by atoms with Crippen molar-refractivity contribution in [3.63, 3.8) is 0 Å². The van der Waals surface area contributed by atoms with Gasteiger partial charge in [-0.15, -0.1) is 24.0 Å². The molecule has 0 spiro atoms. The van der Waals surface area contributed by atoms with E-state index in [4.69, 9.17) is 9.47 Å². The quantitative estimate of drug-likeness (QED) is 0.222. The standard InChI is InChI=1S/C19H29F3N4O2.HI/c1-3-23-18(25-15-8-10-26(13-15)14-19(20,21)22)24-9-5-11-28-17-7-4-6-16(12-17)27-2;/h4,6-7,12,15H,3,5,8-11,13-14H2,1-2H3,(H2,23,24,25);1H. The number of likely N-dealkylation sites (tertiary alicyclic amines) is 1. The van der Waals surface area contributed by atoms with Gasteiger partial charge in [-0.3, -0.25) is 9.89 Å². The molecule has 0 amide bonds. The number of hydrogen-bond acceptors (Lipinski definition) is 4. The summed E-state index contributed by atoms with van der Waals surface area (Å²) in [5, 5.41) is 6.37. The van der Waals surface area contributed by atoms with E-state index in [0.717, 1.165) is 17.9 Å². The maximum Gasteiger partial charge on any atom is 0.401 e. The largest absolute Gasteiger partial charge is 0.497 e. The van der Waals surface area contributed by atoms with Gasteiger partial charge in [0.05, 0.1) is 20.3 Å². The molecule has 2 N–H and O–H groups in total. The molecule has 1 fully saturated rings. The minimum atomic E-state index is -4.16. The van der Waals surface area contributed by atoms with Gasteiger partial charge in [-0.05, 0) is 25.5 Å². The van der Waals surface area contributed by atoms with E-state index in [1.807, 2.05) is 31.2 Å². The molecule has 0 aromatic heterocycles. The molecular weight excluding hydrogens is 500 g/mol. The Labute approximate surface area is 187 Å². The first-order valence-electron chi connectivity index (χ1n) is 9.50. The van der Waals surface area contributed by atoms with Crippen LogP contribution in [0.15, 0.2) is 29.3 Å². The second-order valence-corrected chi connectivity index (χ2v) is 6.62. The molecular formula is C19H30F3IN4O2. The first kappa shape index (κ1) is 25.6. The summed E-state index contributed by atoms with van der Waals surface area (Å²) < 4.78 is 48.3. The van der Waals surface area contributed by atoms with E-state index in [0.29, 0.717) is 45.2 Å². The van der Waals surface area contributed by atoms with E-state index in [2.05, 4.69) is 15.6 Å². The molecule has 1 saturated heterocycles. The van der Waals surface area contributed by atoms with Crippen LogP contribution in [0.3, 0.4) is 0 Å². The zero-order chi connectivity index (χ0) is 20.4. The third-order valence-electron chi connectivity index (χ3n) is 4.24. The fourth-order valence-electron chi connectivity index (χ4n) is 3.00. The number of nitrogens with zero attached hydrogens (tertiary/aromatic N) is 2. The Kier molecular flexibility index (Phi) is 11.5. The number of aliphatic imine (C=N–C) groups is 1. The Bertz CT molecular complexity index is 632. The SMILES string of the molecule is CCNC(=NCCCOc1cccc(OC)c1)NC1CCN(CC(F)(F)F)C1.I. The van der Waals surface area contributed by atoms with E-state index in [1.165, 1.54) is 4.90 Å². The lowest BCUT2D eigenvalue weighted by atomic mass is 10.3. The summed E-state index contributed by atoms with van der Waals surface area (Å²) in [6, 6.07) is 7.37. The number of ether oxygens (including phenoxy) is 2. The maximum atomic E-state index is 12.5. The van der Waals surface area contributed by atoms with Crippen LogP contribution in [0, 0.1) is 0 Å². The zero-order valence-corrected chi connectivity index (χ0v) is 19.1. The Morgan fingerprint density at radius 1 is 1.31 bits per heavy atom. The number of hydrogen-bond donors (Lipinski definition) is 2. The van der Waals surface area contributed by atoms with Gasteiger partial charge in [0.25, 0.3) is 0 Å². The van der Waals surface area contributed by atoms with Gasteiger partial charge in [0.2, 0.25) is 0 Å². The van der Waals surface area contributed by atoms with Gasteiger partial charge >= 0.3 is 6.18 Å². The molecule has 1 atom stereocenters. The molecule has 1 aliphatic rings. The summed E-state index contributed by atoms with van der Waals surface area (Å²) in [6.07, 6.45) is -2.77. The molecule has 1 heterocycles. The summed E-state index contributed by atoms with van der Waals surface area (Å²) in [6.45, 7) is 3.64. The molecule has 0 aliphatic carbocycles. The highest BCUT2D eigenvalue weighted by Gasteiger charge is 2.34. The highest BCUT2D eigenvalue weighted by atomic mass is 127. The van der Waals surface area contributed by atoms with Crippen molar-refractivity contribution < 1.29 is 22.6 Å². The molecule has 1 aromatic carbocycles. The number of guanidine groups is 1. The monoisotopic (exact) mass is 530 g/mol. The van der Waals surface area contributed by atoms with E-state index in [-0.39, 0.29) is 30.0 Å². The number of methoxy groups -OCH3 is 1. The lowest BCUT2D eigenvalue weighted by molar-refractivity contribution is -0.143. The average molecular weight is 530 g/mol. The number of halogens is 4. The van der Waals surface area contributed by atoms with Crippen LogP contribution < -0.4 is 20.1 Å². The smallest absolute Gasteiger partial charge is 0.401 e. The summed E-state index contributed by atoms with van der Waals surface area (Å²) >= 11 is 0. The molecule has 1 unspecified atom stereocenters. The topological polar surface area (TPSA) is 58.1 Å².